The third-order valence-corrected chi connectivity index (χ3v) is 5.73. The second kappa shape index (κ2) is 10.3. The first kappa shape index (κ1) is 20.4. The van der Waals surface area contributed by atoms with E-state index in [9.17, 15) is 4.79 Å². The minimum atomic E-state index is -0.703. The smallest absolute Gasteiger partial charge is 0.303 e. The van der Waals surface area contributed by atoms with E-state index in [4.69, 9.17) is 9.84 Å². The molecule has 0 heterocycles. The van der Waals surface area contributed by atoms with E-state index in [1.54, 1.807) is 0 Å². The minimum absolute atomic E-state index is 0.266. The van der Waals surface area contributed by atoms with Crippen molar-refractivity contribution in [2.24, 2.45) is 0 Å². The molecular formula is C25H32O3. The van der Waals surface area contributed by atoms with Gasteiger partial charge in [-0.15, -0.1) is 0 Å². The molecule has 1 fully saturated rings. The highest BCUT2D eigenvalue weighted by Crippen LogP contribution is 2.34. The molecule has 1 aliphatic carbocycles. The molecular weight excluding hydrogens is 348 g/mol. The molecule has 0 bridgehead atoms. The van der Waals surface area contributed by atoms with Crippen LogP contribution in [-0.4, -0.2) is 17.2 Å². The Morgan fingerprint density at radius 1 is 1.07 bits per heavy atom. The lowest BCUT2D eigenvalue weighted by Crippen LogP contribution is -2.18. The average Bonchev–Trinajstić information content (AvgIpc) is 2.91. The predicted octanol–water partition coefficient (Wildman–Crippen LogP) is 6.29. The quantitative estimate of drug-likeness (QED) is 0.432. The highest BCUT2D eigenvalue weighted by molar-refractivity contribution is 5.66. The molecule has 0 aliphatic heterocycles. The number of carboxylic acids is 1. The van der Waals surface area contributed by atoms with Crippen molar-refractivity contribution in [1.82, 2.24) is 0 Å². The van der Waals surface area contributed by atoms with Gasteiger partial charge < -0.3 is 9.84 Å². The maximum atomic E-state index is 10.6. The lowest BCUT2D eigenvalue weighted by molar-refractivity contribution is -0.137. The van der Waals surface area contributed by atoms with E-state index in [1.165, 1.54) is 36.0 Å². The monoisotopic (exact) mass is 380 g/mol. The van der Waals surface area contributed by atoms with Gasteiger partial charge in [-0.3, -0.25) is 4.79 Å². The van der Waals surface area contributed by atoms with Crippen LogP contribution < -0.4 is 4.74 Å². The predicted molar refractivity (Wildman–Crippen MR) is 113 cm³/mol. The average molecular weight is 381 g/mol. The minimum Gasteiger partial charge on any atom is -0.490 e. The van der Waals surface area contributed by atoms with Crippen molar-refractivity contribution in [1.29, 1.82) is 0 Å². The Hall–Kier alpha value is -2.29. The highest BCUT2D eigenvalue weighted by Gasteiger charge is 2.23. The molecule has 0 saturated heterocycles. The van der Waals surface area contributed by atoms with Crippen molar-refractivity contribution in [3.05, 3.63) is 65.2 Å². The van der Waals surface area contributed by atoms with Crippen molar-refractivity contribution in [2.45, 2.75) is 76.7 Å². The fourth-order valence-electron chi connectivity index (χ4n) is 4.17. The fraction of sp³-hybridized carbons (Fsp3) is 0.480. The molecule has 0 spiro atoms. The van der Waals surface area contributed by atoms with Crippen LogP contribution in [0.5, 0.6) is 5.75 Å². The van der Waals surface area contributed by atoms with E-state index >= 15 is 0 Å². The van der Waals surface area contributed by atoms with E-state index in [-0.39, 0.29) is 12.5 Å². The lowest BCUT2D eigenvalue weighted by atomic mass is 9.90. The summed E-state index contributed by atoms with van der Waals surface area (Å²) in [4.78, 5) is 10.6. The summed E-state index contributed by atoms with van der Waals surface area (Å²) in [5, 5.41) is 8.73. The number of benzene rings is 2. The number of hydrogen-bond donors (Lipinski definition) is 1. The Labute approximate surface area is 168 Å². The Bertz CT molecular complexity index is 751. The van der Waals surface area contributed by atoms with Crippen molar-refractivity contribution < 1.29 is 14.6 Å². The number of aryl methyl sites for hydroxylation is 2. The van der Waals surface area contributed by atoms with Crippen LogP contribution >= 0.6 is 0 Å². The zero-order valence-corrected chi connectivity index (χ0v) is 16.9. The Balaban J connectivity index is 1.56. The summed E-state index contributed by atoms with van der Waals surface area (Å²) in [6.45, 7) is 2.10. The van der Waals surface area contributed by atoms with Gasteiger partial charge in [0, 0.05) is 6.42 Å². The van der Waals surface area contributed by atoms with Gasteiger partial charge in [-0.2, -0.15) is 0 Å². The van der Waals surface area contributed by atoms with E-state index in [2.05, 4.69) is 55.5 Å². The molecule has 3 rings (SSSR count). The lowest BCUT2D eigenvalue weighted by Gasteiger charge is -2.22. The first-order chi connectivity index (χ1) is 13.6. The molecule has 150 valence electrons. The molecule has 3 nitrogen and oxygen atoms in total. The van der Waals surface area contributed by atoms with Crippen LogP contribution in [0.3, 0.4) is 0 Å². The number of carbonyl (C=O) groups is 1. The molecule has 2 aromatic carbocycles. The zero-order valence-electron chi connectivity index (χ0n) is 16.9. The van der Waals surface area contributed by atoms with Gasteiger partial charge in [0.1, 0.15) is 5.75 Å². The summed E-state index contributed by atoms with van der Waals surface area (Å²) in [7, 11) is 0. The van der Waals surface area contributed by atoms with Crippen LogP contribution in [-0.2, 0) is 11.2 Å². The molecule has 2 unspecified atom stereocenters. The summed E-state index contributed by atoms with van der Waals surface area (Å²) in [5.74, 6) is 0.840. The molecule has 3 heteroatoms. The molecule has 2 aromatic rings. The largest absolute Gasteiger partial charge is 0.490 e. The Kier molecular flexibility index (Phi) is 7.53. The van der Waals surface area contributed by atoms with Gasteiger partial charge in [-0.1, -0.05) is 42.8 Å². The highest BCUT2D eigenvalue weighted by atomic mass is 16.5. The number of aliphatic carboxylic acids is 1. The summed E-state index contributed by atoms with van der Waals surface area (Å²) in [6.07, 6.45) is 9.11. The normalized spacial score (nSPS) is 19.8. The van der Waals surface area contributed by atoms with Crippen LogP contribution in [0.25, 0.3) is 0 Å². The molecule has 1 aliphatic rings. The third-order valence-electron chi connectivity index (χ3n) is 5.73. The Morgan fingerprint density at radius 3 is 2.61 bits per heavy atom. The summed E-state index contributed by atoms with van der Waals surface area (Å²) < 4.78 is 6.33. The number of ether oxygens (including phenoxy) is 1. The van der Waals surface area contributed by atoms with Gasteiger partial charge in [-0.05, 0) is 86.6 Å². The molecule has 0 aromatic heterocycles. The molecule has 1 saturated carbocycles. The molecule has 28 heavy (non-hydrogen) atoms. The molecule has 2 atom stereocenters. The maximum absolute atomic E-state index is 10.6. The maximum Gasteiger partial charge on any atom is 0.303 e. The first-order valence-corrected chi connectivity index (χ1v) is 10.6. The van der Waals surface area contributed by atoms with E-state index in [0.717, 1.165) is 37.9 Å². The van der Waals surface area contributed by atoms with E-state index in [1.807, 2.05) is 0 Å². The summed E-state index contributed by atoms with van der Waals surface area (Å²) in [5.41, 5.74) is 3.95. The van der Waals surface area contributed by atoms with Crippen LogP contribution in [0, 0.1) is 6.92 Å². The topological polar surface area (TPSA) is 46.5 Å². The second-order valence-electron chi connectivity index (χ2n) is 8.12. The van der Waals surface area contributed by atoms with Crippen LogP contribution in [0.2, 0.25) is 0 Å². The summed E-state index contributed by atoms with van der Waals surface area (Å²) >= 11 is 0. The molecule has 0 radical (unpaired) electrons. The van der Waals surface area contributed by atoms with Gasteiger partial charge in [0.25, 0.3) is 0 Å². The molecule has 1 N–H and O–H groups in total. The van der Waals surface area contributed by atoms with Gasteiger partial charge in [-0.25, -0.2) is 0 Å². The van der Waals surface area contributed by atoms with Crippen molar-refractivity contribution >= 4 is 5.97 Å². The fourth-order valence-corrected chi connectivity index (χ4v) is 4.17. The molecule has 0 amide bonds. The third kappa shape index (κ3) is 6.40. The number of carboxylic acid groups (broad SMARTS) is 1. The van der Waals surface area contributed by atoms with Crippen molar-refractivity contribution in [3.63, 3.8) is 0 Å². The van der Waals surface area contributed by atoms with Crippen LogP contribution in [0.4, 0.5) is 0 Å². The van der Waals surface area contributed by atoms with Crippen LogP contribution in [0.1, 0.15) is 74.0 Å². The van der Waals surface area contributed by atoms with Crippen LogP contribution in [0.15, 0.2) is 48.5 Å². The SMILES string of the molecule is Cc1cccc(OC2CCCCC(c3ccc(CCCCC(=O)O)cc3)C2)c1. The Morgan fingerprint density at radius 2 is 1.86 bits per heavy atom. The zero-order chi connectivity index (χ0) is 19.8. The van der Waals surface area contributed by atoms with Gasteiger partial charge in [0.2, 0.25) is 0 Å². The number of hydrogen-bond acceptors (Lipinski definition) is 2. The number of unbranched alkanes of at least 4 members (excludes halogenated alkanes) is 1. The van der Waals surface area contributed by atoms with Crippen molar-refractivity contribution in [2.75, 3.05) is 0 Å². The van der Waals surface area contributed by atoms with E-state index in [0.29, 0.717) is 5.92 Å². The van der Waals surface area contributed by atoms with Gasteiger partial charge in [0.05, 0.1) is 6.10 Å². The summed E-state index contributed by atoms with van der Waals surface area (Å²) in [6, 6.07) is 17.3. The number of rotatable bonds is 8. The van der Waals surface area contributed by atoms with Gasteiger partial charge >= 0.3 is 5.97 Å². The standard InChI is InChI=1S/C25H32O3/c1-19-7-6-11-23(17-19)28-24-10-4-3-9-22(18-24)21-15-13-20(14-16-21)8-2-5-12-25(26)27/h6-7,11,13-17,22,24H,2-5,8-10,12,18H2,1H3,(H,26,27). The second-order valence-corrected chi connectivity index (χ2v) is 8.12. The first-order valence-electron chi connectivity index (χ1n) is 10.6. The van der Waals surface area contributed by atoms with Gasteiger partial charge in [0.15, 0.2) is 0 Å². The van der Waals surface area contributed by atoms with Crippen molar-refractivity contribution in [3.8, 4) is 5.75 Å². The van der Waals surface area contributed by atoms with E-state index < -0.39 is 5.97 Å².